The lowest BCUT2D eigenvalue weighted by molar-refractivity contribution is 0.192. The van der Waals surface area contributed by atoms with Crippen LogP contribution in [0, 0.1) is 6.92 Å². The summed E-state index contributed by atoms with van der Waals surface area (Å²) in [5.74, 6) is 0. The number of sulfonamides is 1. The van der Waals surface area contributed by atoms with Crippen LogP contribution in [-0.4, -0.2) is 35.7 Å². The minimum absolute atomic E-state index is 0.407. The predicted molar refractivity (Wildman–Crippen MR) is 82.7 cm³/mol. The summed E-state index contributed by atoms with van der Waals surface area (Å²) >= 11 is 1.52. The zero-order valence-corrected chi connectivity index (χ0v) is 14.0. The third-order valence-electron chi connectivity index (χ3n) is 2.88. The van der Waals surface area contributed by atoms with Gasteiger partial charge in [0, 0.05) is 36.6 Å². The smallest absolute Gasteiger partial charge is 0.241 e. The minimum atomic E-state index is -3.38. The molecule has 5 nitrogen and oxygen atoms in total. The highest BCUT2D eigenvalue weighted by Gasteiger charge is 2.19. The van der Waals surface area contributed by atoms with Gasteiger partial charge in [-0.2, -0.15) is 0 Å². The quantitative estimate of drug-likeness (QED) is 0.646. The van der Waals surface area contributed by atoms with Crippen molar-refractivity contribution < 1.29 is 13.2 Å². The van der Waals surface area contributed by atoms with Crippen LogP contribution < -0.4 is 10.0 Å². The van der Waals surface area contributed by atoms with E-state index in [9.17, 15) is 8.42 Å². The Hall–Kier alpha value is -0.470. The minimum Gasteiger partial charge on any atom is -0.385 e. The van der Waals surface area contributed by atoms with E-state index in [2.05, 4.69) is 10.0 Å². The maximum absolute atomic E-state index is 12.2. The lowest BCUT2D eigenvalue weighted by Gasteiger charge is -2.06. The van der Waals surface area contributed by atoms with Crippen molar-refractivity contribution in [3.8, 4) is 0 Å². The summed E-state index contributed by atoms with van der Waals surface area (Å²) in [5, 5.41) is 3.03. The Morgan fingerprint density at radius 3 is 2.70 bits per heavy atom. The van der Waals surface area contributed by atoms with Gasteiger partial charge >= 0.3 is 0 Å². The van der Waals surface area contributed by atoms with Crippen molar-refractivity contribution in [1.82, 2.24) is 10.0 Å². The summed E-state index contributed by atoms with van der Waals surface area (Å²) in [6.45, 7) is 3.74. The molecule has 0 unspecified atom stereocenters. The Morgan fingerprint density at radius 2 is 2.05 bits per heavy atom. The molecule has 0 radical (unpaired) electrons. The molecule has 116 valence electrons. The molecule has 1 aromatic heterocycles. The Morgan fingerprint density at radius 1 is 1.30 bits per heavy atom. The fraction of sp³-hybridized carbons (Fsp3) is 0.692. The molecule has 1 heterocycles. The summed E-state index contributed by atoms with van der Waals surface area (Å²) in [6.07, 6.45) is 2.75. The van der Waals surface area contributed by atoms with E-state index in [0.717, 1.165) is 35.6 Å². The molecule has 7 heteroatoms. The highest BCUT2D eigenvalue weighted by Crippen LogP contribution is 2.25. The zero-order chi connectivity index (χ0) is 15.0. The fourth-order valence-corrected chi connectivity index (χ4v) is 4.60. The van der Waals surface area contributed by atoms with Crippen LogP contribution in [0.25, 0.3) is 0 Å². The maximum Gasteiger partial charge on any atom is 0.241 e. The van der Waals surface area contributed by atoms with E-state index in [1.165, 1.54) is 11.3 Å². The Balaban J connectivity index is 2.51. The first-order valence-electron chi connectivity index (χ1n) is 6.73. The number of ether oxygens (including phenoxy) is 1. The van der Waals surface area contributed by atoms with Crippen LogP contribution in [0.2, 0.25) is 0 Å². The number of hydrogen-bond acceptors (Lipinski definition) is 5. The molecule has 0 saturated heterocycles. The van der Waals surface area contributed by atoms with Crippen LogP contribution in [0.15, 0.2) is 11.0 Å². The van der Waals surface area contributed by atoms with E-state index in [1.54, 1.807) is 13.2 Å². The second kappa shape index (κ2) is 8.74. The molecule has 0 amide bonds. The molecule has 0 saturated carbocycles. The second-order valence-corrected chi connectivity index (χ2v) is 7.69. The van der Waals surface area contributed by atoms with Gasteiger partial charge in [0.25, 0.3) is 0 Å². The first-order valence-corrected chi connectivity index (χ1v) is 9.03. The van der Waals surface area contributed by atoms with Crippen molar-refractivity contribution in [2.45, 2.75) is 37.6 Å². The van der Waals surface area contributed by atoms with Crippen molar-refractivity contribution in [1.29, 1.82) is 0 Å². The highest BCUT2D eigenvalue weighted by molar-refractivity contribution is 7.89. The van der Waals surface area contributed by atoms with Crippen molar-refractivity contribution in [3.63, 3.8) is 0 Å². The van der Waals surface area contributed by atoms with Gasteiger partial charge in [0.2, 0.25) is 10.0 Å². The van der Waals surface area contributed by atoms with Crippen molar-refractivity contribution in [2.75, 3.05) is 27.3 Å². The van der Waals surface area contributed by atoms with Crippen LogP contribution in [0.4, 0.5) is 0 Å². The molecule has 0 aliphatic heterocycles. The standard InChI is InChI=1S/C13H24N2O3S2/c1-11-13(9-12(19-11)10-14-2)20(16,17)15-7-5-4-6-8-18-3/h9,14-15H,4-8,10H2,1-3H3. The molecule has 0 aliphatic rings. The van der Waals surface area contributed by atoms with Crippen molar-refractivity contribution in [3.05, 3.63) is 15.8 Å². The Bertz CT molecular complexity index is 498. The summed E-state index contributed by atoms with van der Waals surface area (Å²) in [5.41, 5.74) is 0. The van der Waals surface area contributed by atoms with E-state index >= 15 is 0 Å². The number of methoxy groups -OCH3 is 1. The van der Waals surface area contributed by atoms with Gasteiger partial charge in [-0.25, -0.2) is 13.1 Å². The van der Waals surface area contributed by atoms with Crippen molar-refractivity contribution in [2.24, 2.45) is 0 Å². The fourth-order valence-electron chi connectivity index (χ4n) is 1.88. The normalized spacial score (nSPS) is 11.9. The van der Waals surface area contributed by atoms with Crippen LogP contribution in [0.1, 0.15) is 29.0 Å². The maximum atomic E-state index is 12.2. The molecule has 20 heavy (non-hydrogen) atoms. The predicted octanol–water partition coefficient (Wildman–Crippen LogP) is 1.87. The SMILES string of the molecule is CNCc1cc(S(=O)(=O)NCCCCCOC)c(C)s1. The third kappa shape index (κ3) is 5.49. The van der Waals surface area contributed by atoms with E-state index in [1.807, 2.05) is 14.0 Å². The molecule has 1 aromatic rings. The highest BCUT2D eigenvalue weighted by atomic mass is 32.2. The summed E-state index contributed by atoms with van der Waals surface area (Å²) < 4.78 is 32.0. The van der Waals surface area contributed by atoms with Gasteiger partial charge in [-0.05, 0) is 39.3 Å². The molecule has 0 fully saturated rings. The summed E-state index contributed by atoms with van der Waals surface area (Å²) in [4.78, 5) is 2.28. The van der Waals surface area contributed by atoms with E-state index < -0.39 is 10.0 Å². The first-order chi connectivity index (χ1) is 9.51. The zero-order valence-electron chi connectivity index (χ0n) is 12.4. The number of nitrogens with one attached hydrogen (secondary N) is 2. The number of thiophene rings is 1. The first kappa shape index (κ1) is 17.6. The molecule has 1 rings (SSSR count). The largest absolute Gasteiger partial charge is 0.385 e. The monoisotopic (exact) mass is 320 g/mol. The molecular weight excluding hydrogens is 296 g/mol. The van der Waals surface area contributed by atoms with E-state index in [4.69, 9.17) is 4.74 Å². The number of rotatable bonds is 10. The lowest BCUT2D eigenvalue weighted by Crippen LogP contribution is -2.25. The van der Waals surface area contributed by atoms with Gasteiger partial charge in [0.15, 0.2) is 0 Å². The van der Waals surface area contributed by atoms with Gasteiger partial charge in [0.05, 0.1) is 4.90 Å². The Kier molecular flexibility index (Phi) is 7.68. The third-order valence-corrected chi connectivity index (χ3v) is 5.65. The molecule has 0 atom stereocenters. The van der Waals surface area contributed by atoms with Crippen LogP contribution in [0.5, 0.6) is 0 Å². The molecule has 0 aliphatic carbocycles. The molecule has 0 bridgehead atoms. The van der Waals surface area contributed by atoms with Crippen LogP contribution in [0.3, 0.4) is 0 Å². The van der Waals surface area contributed by atoms with E-state index in [0.29, 0.717) is 18.0 Å². The Labute approximate surface area is 125 Å². The van der Waals surface area contributed by atoms with Gasteiger partial charge in [0.1, 0.15) is 0 Å². The topological polar surface area (TPSA) is 67.4 Å². The molecular formula is C13H24N2O3S2. The number of hydrogen-bond donors (Lipinski definition) is 2. The average molecular weight is 320 g/mol. The average Bonchev–Trinajstić information content (AvgIpc) is 2.76. The molecule has 0 aromatic carbocycles. The van der Waals surface area contributed by atoms with Gasteiger partial charge in [-0.3, -0.25) is 0 Å². The van der Waals surface area contributed by atoms with Gasteiger partial charge < -0.3 is 10.1 Å². The number of unbranched alkanes of at least 4 members (excludes halogenated alkanes) is 2. The van der Waals surface area contributed by atoms with Gasteiger partial charge in [-0.1, -0.05) is 0 Å². The molecule has 0 spiro atoms. The van der Waals surface area contributed by atoms with Gasteiger partial charge in [-0.15, -0.1) is 11.3 Å². The van der Waals surface area contributed by atoms with Crippen LogP contribution in [-0.2, 0) is 21.3 Å². The van der Waals surface area contributed by atoms with Crippen LogP contribution >= 0.6 is 11.3 Å². The lowest BCUT2D eigenvalue weighted by atomic mass is 10.2. The van der Waals surface area contributed by atoms with E-state index in [-0.39, 0.29) is 0 Å². The summed E-state index contributed by atoms with van der Waals surface area (Å²) in [7, 11) is 0.140. The second-order valence-electron chi connectivity index (χ2n) is 4.61. The molecule has 2 N–H and O–H groups in total. The summed E-state index contributed by atoms with van der Waals surface area (Å²) in [6, 6.07) is 1.75. The van der Waals surface area contributed by atoms with Crippen molar-refractivity contribution >= 4 is 21.4 Å². The number of aryl methyl sites for hydroxylation is 1.